The first-order valence-electron chi connectivity index (χ1n) is 13.5. The molecule has 3 saturated carbocycles. The van der Waals surface area contributed by atoms with Gasteiger partial charge in [-0.3, -0.25) is 4.79 Å². The predicted octanol–water partition coefficient (Wildman–Crippen LogP) is 1.07. The van der Waals surface area contributed by atoms with Crippen molar-refractivity contribution in [2.75, 3.05) is 6.61 Å². The number of rotatable bonds is 6. The quantitative estimate of drug-likeness (QED) is 0.280. The molecule has 8 heteroatoms. The standard InChI is InChI=1S/C28H46O8/c1-15(26(4,34)14-29)10-23(33)27(5,35)22-7-9-28(36)17-11-19(30)18-12-20(31)21(32)13-24(18,2)16(17)6-8-25(22,28)3/h11,15-16,18,20-23,29,31-36H,6-10,12-14H2,1-5H3/t15-,16+,18+,20+,21-,22+,23-,24+,25+,26+,27+,28+/m0/s1. The Bertz CT molecular complexity index is 913. The van der Waals surface area contributed by atoms with Crippen molar-refractivity contribution in [2.45, 2.75) is 115 Å². The molecule has 0 heterocycles. The molecule has 4 aliphatic carbocycles. The molecule has 0 aromatic heterocycles. The predicted molar refractivity (Wildman–Crippen MR) is 133 cm³/mol. The molecular weight excluding hydrogens is 464 g/mol. The number of carbonyl (C=O) groups excluding carboxylic acids is 1. The van der Waals surface area contributed by atoms with Crippen LogP contribution in [0.25, 0.3) is 0 Å². The molecular formula is C28H46O8. The summed E-state index contributed by atoms with van der Waals surface area (Å²) in [7, 11) is 0. The maximum Gasteiger partial charge on any atom is 0.159 e. The van der Waals surface area contributed by atoms with Crippen molar-refractivity contribution < 1.29 is 40.5 Å². The molecule has 0 radical (unpaired) electrons. The van der Waals surface area contributed by atoms with Crippen molar-refractivity contribution in [3.63, 3.8) is 0 Å². The van der Waals surface area contributed by atoms with Gasteiger partial charge in [0.05, 0.1) is 41.7 Å². The SMILES string of the molecule is C[C@@H](C[C@H](O)[C@](C)(O)[C@@H]1CC[C@@]2(O)C3=CC(=O)[C@H]4C[C@@H](O)[C@@H](O)C[C@]4(C)[C@@H]3CC[C@]12C)[C@](C)(O)CO. The number of aliphatic hydroxyl groups is 7. The Morgan fingerprint density at radius 2 is 1.72 bits per heavy atom. The highest BCUT2D eigenvalue weighted by molar-refractivity contribution is 5.95. The Balaban J connectivity index is 1.65. The van der Waals surface area contributed by atoms with Gasteiger partial charge < -0.3 is 35.7 Å². The Labute approximate surface area is 214 Å². The average molecular weight is 511 g/mol. The summed E-state index contributed by atoms with van der Waals surface area (Å²) in [4.78, 5) is 13.3. The summed E-state index contributed by atoms with van der Waals surface area (Å²) in [6.07, 6.45) is 1.20. The normalized spacial score (nSPS) is 47.5. The second-order valence-corrected chi connectivity index (χ2v) is 13.5. The van der Waals surface area contributed by atoms with Gasteiger partial charge in [0, 0.05) is 11.3 Å². The van der Waals surface area contributed by atoms with E-state index in [1.165, 1.54) is 6.92 Å². The van der Waals surface area contributed by atoms with Crippen molar-refractivity contribution in [1.29, 1.82) is 0 Å². The van der Waals surface area contributed by atoms with E-state index < -0.39 is 70.3 Å². The molecule has 7 N–H and O–H groups in total. The van der Waals surface area contributed by atoms with E-state index in [0.29, 0.717) is 37.7 Å². The summed E-state index contributed by atoms with van der Waals surface area (Å²) in [5, 5.41) is 75.7. The van der Waals surface area contributed by atoms with Gasteiger partial charge in [-0.25, -0.2) is 0 Å². The Morgan fingerprint density at radius 3 is 2.33 bits per heavy atom. The van der Waals surface area contributed by atoms with Crippen molar-refractivity contribution in [1.82, 2.24) is 0 Å². The molecule has 8 nitrogen and oxygen atoms in total. The van der Waals surface area contributed by atoms with Crippen LogP contribution >= 0.6 is 0 Å². The van der Waals surface area contributed by atoms with E-state index in [4.69, 9.17) is 0 Å². The highest BCUT2D eigenvalue weighted by Gasteiger charge is 2.69. The second kappa shape index (κ2) is 8.83. The molecule has 4 aliphatic rings. The van der Waals surface area contributed by atoms with Crippen molar-refractivity contribution in [3.8, 4) is 0 Å². The van der Waals surface area contributed by atoms with Crippen LogP contribution in [-0.2, 0) is 4.79 Å². The number of allylic oxidation sites excluding steroid dienone is 1. The molecule has 3 fully saturated rings. The lowest BCUT2D eigenvalue weighted by molar-refractivity contribution is -0.180. The van der Waals surface area contributed by atoms with Gasteiger partial charge in [0.2, 0.25) is 0 Å². The number of hydrogen-bond acceptors (Lipinski definition) is 8. The third-order valence-electron chi connectivity index (χ3n) is 11.5. The molecule has 0 saturated heterocycles. The molecule has 0 aromatic carbocycles. The number of aliphatic hydroxyl groups excluding tert-OH is 4. The summed E-state index contributed by atoms with van der Waals surface area (Å²) in [6, 6.07) is 0. The number of fused-ring (bicyclic) bond motifs is 5. The number of hydrogen-bond donors (Lipinski definition) is 7. The fraction of sp³-hybridized carbons (Fsp3) is 0.893. The van der Waals surface area contributed by atoms with Crippen molar-refractivity contribution in [2.24, 2.45) is 34.5 Å². The summed E-state index contributed by atoms with van der Waals surface area (Å²) < 4.78 is 0. The van der Waals surface area contributed by atoms with E-state index in [1.54, 1.807) is 19.9 Å². The third-order valence-corrected chi connectivity index (χ3v) is 11.5. The highest BCUT2D eigenvalue weighted by atomic mass is 16.3. The monoisotopic (exact) mass is 510 g/mol. The van der Waals surface area contributed by atoms with Gasteiger partial charge >= 0.3 is 0 Å². The molecule has 0 unspecified atom stereocenters. The topological polar surface area (TPSA) is 159 Å². The first-order valence-corrected chi connectivity index (χ1v) is 13.5. The lowest BCUT2D eigenvalue weighted by Gasteiger charge is -2.60. The minimum absolute atomic E-state index is 0.0787. The molecule has 0 bridgehead atoms. The maximum absolute atomic E-state index is 13.3. The maximum atomic E-state index is 13.3. The molecule has 0 aromatic rings. The zero-order valence-electron chi connectivity index (χ0n) is 22.3. The van der Waals surface area contributed by atoms with Gasteiger partial charge in [-0.2, -0.15) is 0 Å². The molecule has 0 spiro atoms. The number of ketones is 1. The first-order chi connectivity index (χ1) is 16.5. The van der Waals surface area contributed by atoms with Crippen LogP contribution in [0.2, 0.25) is 0 Å². The fourth-order valence-corrected chi connectivity index (χ4v) is 8.52. The molecule has 36 heavy (non-hydrogen) atoms. The molecule has 0 amide bonds. The Hall–Kier alpha value is -0.870. The van der Waals surface area contributed by atoms with Gasteiger partial charge in [-0.15, -0.1) is 0 Å². The van der Waals surface area contributed by atoms with Crippen LogP contribution < -0.4 is 0 Å². The van der Waals surface area contributed by atoms with Crippen LogP contribution in [0.15, 0.2) is 11.6 Å². The van der Waals surface area contributed by atoms with E-state index in [0.717, 1.165) is 0 Å². The Morgan fingerprint density at radius 1 is 1.08 bits per heavy atom. The lowest BCUT2D eigenvalue weighted by Crippen LogP contribution is -2.63. The molecule has 206 valence electrons. The second-order valence-electron chi connectivity index (χ2n) is 13.5. The van der Waals surface area contributed by atoms with Crippen LogP contribution in [0, 0.1) is 34.5 Å². The lowest BCUT2D eigenvalue weighted by atomic mass is 9.45. The average Bonchev–Trinajstić information content (AvgIpc) is 3.07. The van der Waals surface area contributed by atoms with Gasteiger partial charge in [0.15, 0.2) is 5.78 Å². The minimum Gasteiger partial charge on any atom is -0.393 e. The highest BCUT2D eigenvalue weighted by Crippen LogP contribution is 2.68. The van der Waals surface area contributed by atoms with Gasteiger partial charge in [0.25, 0.3) is 0 Å². The van der Waals surface area contributed by atoms with Crippen LogP contribution in [-0.4, -0.2) is 83.3 Å². The van der Waals surface area contributed by atoms with E-state index in [2.05, 4.69) is 0 Å². The summed E-state index contributed by atoms with van der Waals surface area (Å²) in [6.45, 7) is 8.28. The first kappa shape index (κ1) is 28.1. The van der Waals surface area contributed by atoms with Gasteiger partial charge in [0.1, 0.15) is 0 Å². The molecule has 0 aliphatic heterocycles. The molecule has 12 atom stereocenters. The summed E-state index contributed by atoms with van der Waals surface area (Å²) in [5.41, 5.74) is -4.98. The smallest absolute Gasteiger partial charge is 0.159 e. The van der Waals surface area contributed by atoms with Crippen molar-refractivity contribution in [3.05, 3.63) is 11.6 Å². The minimum atomic E-state index is -1.57. The van der Waals surface area contributed by atoms with E-state index in [1.807, 2.05) is 13.8 Å². The fourth-order valence-electron chi connectivity index (χ4n) is 8.52. The van der Waals surface area contributed by atoms with Crippen LogP contribution in [0.5, 0.6) is 0 Å². The van der Waals surface area contributed by atoms with Gasteiger partial charge in [-0.1, -0.05) is 20.8 Å². The Kier molecular flexibility index (Phi) is 6.90. The van der Waals surface area contributed by atoms with E-state index in [-0.39, 0.29) is 24.5 Å². The van der Waals surface area contributed by atoms with E-state index in [9.17, 15) is 40.5 Å². The zero-order valence-corrected chi connectivity index (χ0v) is 22.3. The largest absolute Gasteiger partial charge is 0.393 e. The van der Waals surface area contributed by atoms with E-state index >= 15 is 0 Å². The van der Waals surface area contributed by atoms with Crippen LogP contribution in [0.1, 0.15) is 79.6 Å². The third kappa shape index (κ3) is 3.86. The molecule has 4 rings (SSSR count). The van der Waals surface area contributed by atoms with Crippen LogP contribution in [0.4, 0.5) is 0 Å². The van der Waals surface area contributed by atoms with Gasteiger partial charge in [-0.05, 0) is 93.6 Å². The summed E-state index contributed by atoms with van der Waals surface area (Å²) >= 11 is 0. The zero-order chi connectivity index (χ0) is 27.1. The van der Waals surface area contributed by atoms with Crippen molar-refractivity contribution >= 4 is 5.78 Å². The number of carbonyl (C=O) groups is 1. The van der Waals surface area contributed by atoms with Crippen LogP contribution in [0.3, 0.4) is 0 Å². The summed E-state index contributed by atoms with van der Waals surface area (Å²) in [5.74, 6) is -1.58.